The maximum Gasteiger partial charge on any atom is 0.0373 e. The van der Waals surface area contributed by atoms with Gasteiger partial charge in [-0.2, -0.15) is 0 Å². The maximum atomic E-state index is 4.22. The Morgan fingerprint density at radius 3 is 2.86 bits per heavy atom. The molecule has 0 aliphatic heterocycles. The van der Waals surface area contributed by atoms with Crippen molar-refractivity contribution in [1.29, 1.82) is 0 Å². The van der Waals surface area contributed by atoms with E-state index in [1.54, 1.807) is 6.21 Å². The summed E-state index contributed by atoms with van der Waals surface area (Å²) >= 11 is 0. The fourth-order valence-electron chi connectivity index (χ4n) is 1.01. The van der Waals surface area contributed by atoms with Gasteiger partial charge in [-0.3, -0.25) is 9.98 Å². The highest BCUT2D eigenvalue weighted by Gasteiger charge is 1.93. The van der Waals surface area contributed by atoms with Crippen LogP contribution in [0.2, 0.25) is 0 Å². The van der Waals surface area contributed by atoms with Crippen molar-refractivity contribution in [2.24, 2.45) is 4.99 Å². The van der Waals surface area contributed by atoms with E-state index < -0.39 is 0 Å². The molecule has 0 unspecified atom stereocenters. The molecule has 0 aliphatic rings. The van der Waals surface area contributed by atoms with Crippen molar-refractivity contribution in [3.8, 4) is 0 Å². The van der Waals surface area contributed by atoms with Gasteiger partial charge in [-0.15, -0.1) is 0 Å². The van der Waals surface area contributed by atoms with E-state index in [2.05, 4.69) is 22.6 Å². The van der Waals surface area contributed by atoms with Crippen LogP contribution >= 0.6 is 0 Å². The first-order chi connectivity index (χ1) is 6.74. The van der Waals surface area contributed by atoms with Crippen molar-refractivity contribution in [3.05, 3.63) is 48.4 Å². The van der Waals surface area contributed by atoms with Crippen LogP contribution < -0.4 is 0 Å². The molecule has 0 amide bonds. The zero-order valence-electron chi connectivity index (χ0n) is 8.57. The second-order valence-corrected chi connectivity index (χ2v) is 3.02. The van der Waals surface area contributed by atoms with E-state index in [4.69, 9.17) is 0 Å². The quantitative estimate of drug-likeness (QED) is 0.666. The Hall–Kier alpha value is -1.70. The van der Waals surface area contributed by atoms with Gasteiger partial charge in [0.25, 0.3) is 0 Å². The number of hydrogen-bond donors (Lipinski definition) is 0. The number of nitrogens with zero attached hydrogens (tertiary/aromatic N) is 2. The molecular formula is C12H14N2. The molecule has 0 atom stereocenters. The van der Waals surface area contributed by atoms with Crippen LogP contribution in [-0.2, 0) is 0 Å². The lowest BCUT2D eigenvalue weighted by Crippen LogP contribution is -1.84. The number of pyridine rings is 1. The van der Waals surface area contributed by atoms with E-state index in [0.29, 0.717) is 0 Å². The third kappa shape index (κ3) is 2.98. The summed E-state index contributed by atoms with van der Waals surface area (Å²) in [7, 11) is 0. The zero-order valence-corrected chi connectivity index (χ0v) is 8.57. The highest BCUT2D eigenvalue weighted by molar-refractivity contribution is 5.83. The lowest BCUT2D eigenvalue weighted by molar-refractivity contribution is 1.19. The van der Waals surface area contributed by atoms with Gasteiger partial charge < -0.3 is 0 Å². The summed E-state index contributed by atoms with van der Waals surface area (Å²) in [6, 6.07) is 4.05. The Balaban J connectivity index is 2.83. The van der Waals surface area contributed by atoms with Gasteiger partial charge in [-0.05, 0) is 37.1 Å². The Morgan fingerprint density at radius 1 is 1.50 bits per heavy atom. The van der Waals surface area contributed by atoms with Gasteiger partial charge in [0.05, 0.1) is 0 Å². The van der Waals surface area contributed by atoms with E-state index in [1.165, 1.54) is 6.20 Å². The molecule has 1 aromatic heterocycles. The molecule has 2 heteroatoms. The summed E-state index contributed by atoms with van der Waals surface area (Å²) in [6.45, 7) is 7.51. The number of hydrogen-bond acceptors (Lipinski definition) is 2. The molecule has 0 saturated heterocycles. The van der Waals surface area contributed by atoms with E-state index in [-0.39, 0.29) is 0 Å². The minimum Gasteiger partial charge on any atom is -0.265 e. The average Bonchev–Trinajstić information content (AvgIpc) is 2.19. The maximum absolute atomic E-state index is 4.22. The number of rotatable bonds is 3. The van der Waals surface area contributed by atoms with E-state index in [0.717, 1.165) is 16.8 Å². The van der Waals surface area contributed by atoms with Gasteiger partial charge >= 0.3 is 0 Å². The summed E-state index contributed by atoms with van der Waals surface area (Å²) in [5.74, 6) is 0. The highest BCUT2D eigenvalue weighted by atomic mass is 14.7. The first-order valence-corrected chi connectivity index (χ1v) is 4.48. The van der Waals surface area contributed by atoms with Crippen molar-refractivity contribution in [1.82, 2.24) is 4.98 Å². The van der Waals surface area contributed by atoms with Crippen molar-refractivity contribution in [2.75, 3.05) is 0 Å². The lowest BCUT2D eigenvalue weighted by atomic mass is 10.1. The number of aryl methyl sites for hydroxylation is 1. The van der Waals surface area contributed by atoms with Crippen LogP contribution in [0.5, 0.6) is 0 Å². The van der Waals surface area contributed by atoms with E-state index >= 15 is 0 Å². The monoisotopic (exact) mass is 186 g/mol. The number of aromatic nitrogens is 1. The third-order valence-electron chi connectivity index (χ3n) is 1.88. The normalized spacial score (nSPS) is 12.0. The van der Waals surface area contributed by atoms with E-state index in [1.807, 2.05) is 32.2 Å². The summed E-state index contributed by atoms with van der Waals surface area (Å²) in [5.41, 5.74) is 3.29. The van der Waals surface area contributed by atoms with Crippen molar-refractivity contribution in [2.45, 2.75) is 13.8 Å². The van der Waals surface area contributed by atoms with Crippen LogP contribution in [0.15, 0.2) is 42.2 Å². The SMILES string of the molecule is C=CN=C/C=C(\C)c1ccc(C)nc1. The van der Waals surface area contributed by atoms with E-state index in [9.17, 15) is 0 Å². The van der Waals surface area contributed by atoms with Crippen molar-refractivity contribution < 1.29 is 0 Å². The zero-order chi connectivity index (χ0) is 10.4. The molecule has 1 heterocycles. The molecule has 0 radical (unpaired) electrons. The van der Waals surface area contributed by atoms with Crippen molar-refractivity contribution >= 4 is 11.8 Å². The van der Waals surface area contributed by atoms with Gasteiger partial charge in [-0.1, -0.05) is 12.6 Å². The summed E-state index contributed by atoms with van der Waals surface area (Å²) in [5, 5.41) is 0. The third-order valence-corrected chi connectivity index (χ3v) is 1.88. The number of aliphatic imine (C=N–C) groups is 1. The highest BCUT2D eigenvalue weighted by Crippen LogP contribution is 2.11. The molecular weight excluding hydrogens is 172 g/mol. The Bertz CT molecular complexity index is 358. The first-order valence-electron chi connectivity index (χ1n) is 4.48. The smallest absolute Gasteiger partial charge is 0.0373 e. The Labute approximate surface area is 84.7 Å². The van der Waals surface area contributed by atoms with Crippen LogP contribution in [0.4, 0.5) is 0 Å². The lowest BCUT2D eigenvalue weighted by Gasteiger charge is -1.99. The standard InChI is InChI=1S/C12H14N2/c1-4-13-8-7-10(2)12-6-5-11(3)14-9-12/h4-9H,1H2,2-3H3/b10-7+,13-8?. The summed E-state index contributed by atoms with van der Waals surface area (Å²) in [6.07, 6.45) is 7.04. The van der Waals surface area contributed by atoms with Crippen molar-refractivity contribution in [3.63, 3.8) is 0 Å². The predicted octanol–water partition coefficient (Wildman–Crippen LogP) is 3.01. The van der Waals surface area contributed by atoms with Gasteiger partial charge in [0, 0.05) is 24.3 Å². The fraction of sp³-hybridized carbons (Fsp3) is 0.167. The average molecular weight is 186 g/mol. The molecule has 0 saturated carbocycles. The molecule has 0 bridgehead atoms. The van der Waals surface area contributed by atoms with Crippen LogP contribution in [0.25, 0.3) is 5.57 Å². The Morgan fingerprint density at radius 2 is 2.29 bits per heavy atom. The minimum atomic E-state index is 1.03. The molecule has 14 heavy (non-hydrogen) atoms. The molecule has 0 fully saturated rings. The molecule has 0 aliphatic carbocycles. The molecule has 72 valence electrons. The second kappa shape index (κ2) is 5.12. The molecule has 1 aromatic rings. The van der Waals surface area contributed by atoms with Gasteiger partial charge in [0.15, 0.2) is 0 Å². The molecule has 2 nitrogen and oxygen atoms in total. The summed E-state index contributed by atoms with van der Waals surface area (Å²) < 4.78 is 0. The van der Waals surface area contributed by atoms with Gasteiger partial charge in [0.2, 0.25) is 0 Å². The second-order valence-electron chi connectivity index (χ2n) is 3.02. The largest absolute Gasteiger partial charge is 0.265 e. The van der Waals surface area contributed by atoms with Crippen LogP contribution in [-0.4, -0.2) is 11.2 Å². The molecule has 0 aromatic carbocycles. The van der Waals surface area contributed by atoms with Crippen LogP contribution in [0.1, 0.15) is 18.2 Å². The van der Waals surface area contributed by atoms with Gasteiger partial charge in [-0.25, -0.2) is 0 Å². The molecule has 1 rings (SSSR count). The fourth-order valence-corrected chi connectivity index (χ4v) is 1.01. The Kier molecular flexibility index (Phi) is 3.80. The van der Waals surface area contributed by atoms with Crippen LogP contribution in [0, 0.1) is 6.92 Å². The predicted molar refractivity (Wildman–Crippen MR) is 61.3 cm³/mol. The molecule has 0 N–H and O–H groups in total. The minimum absolute atomic E-state index is 1.03. The number of allylic oxidation sites excluding steroid dienone is 2. The summed E-state index contributed by atoms with van der Waals surface area (Å²) in [4.78, 5) is 8.12. The first kappa shape index (κ1) is 10.4. The topological polar surface area (TPSA) is 25.2 Å². The van der Waals surface area contributed by atoms with Crippen LogP contribution in [0.3, 0.4) is 0 Å². The van der Waals surface area contributed by atoms with Gasteiger partial charge in [0.1, 0.15) is 0 Å². The molecule has 0 spiro atoms.